The van der Waals surface area contributed by atoms with Gasteiger partial charge in [-0.1, -0.05) is 0 Å². The summed E-state index contributed by atoms with van der Waals surface area (Å²) in [5.74, 6) is -0.495. The van der Waals surface area contributed by atoms with Crippen molar-refractivity contribution >= 4 is 11.8 Å². The molecule has 2 aromatic heterocycles. The summed E-state index contributed by atoms with van der Waals surface area (Å²) in [6.45, 7) is 1.41. The van der Waals surface area contributed by atoms with E-state index >= 15 is 0 Å². The fraction of sp³-hybridized carbons (Fsp3) is 0.400. The average Bonchev–Trinajstić information content (AvgIpc) is 3.14. The number of rotatable bonds is 6. The lowest BCUT2D eigenvalue weighted by atomic mass is 10.2. The predicted molar refractivity (Wildman–Crippen MR) is 83.4 cm³/mol. The van der Waals surface area contributed by atoms with Crippen molar-refractivity contribution in [2.45, 2.75) is 19.0 Å². The molecule has 9 heteroatoms. The topological polar surface area (TPSA) is 111 Å². The van der Waals surface area contributed by atoms with E-state index in [1.807, 2.05) is 0 Å². The zero-order valence-corrected chi connectivity index (χ0v) is 13.2. The first-order chi connectivity index (χ1) is 11.7. The number of carbonyl (C=O) groups is 2. The summed E-state index contributed by atoms with van der Waals surface area (Å²) in [6.07, 6.45) is 5.03. The molecule has 0 aliphatic carbocycles. The van der Waals surface area contributed by atoms with Crippen molar-refractivity contribution in [2.75, 3.05) is 20.3 Å². The Hall–Kier alpha value is -2.81. The van der Waals surface area contributed by atoms with E-state index in [9.17, 15) is 9.59 Å². The molecule has 0 fully saturated rings. The first kappa shape index (κ1) is 16.1. The smallest absolute Gasteiger partial charge is 0.271 e. The van der Waals surface area contributed by atoms with Crippen molar-refractivity contribution in [1.82, 2.24) is 30.4 Å². The van der Waals surface area contributed by atoms with Gasteiger partial charge in [0.25, 0.3) is 11.8 Å². The van der Waals surface area contributed by atoms with E-state index in [4.69, 9.17) is 4.74 Å². The van der Waals surface area contributed by atoms with Crippen molar-refractivity contribution in [1.29, 1.82) is 0 Å². The summed E-state index contributed by atoms with van der Waals surface area (Å²) < 4.78 is 6.63. The van der Waals surface area contributed by atoms with Crippen LogP contribution in [0.1, 0.15) is 26.7 Å². The summed E-state index contributed by atoms with van der Waals surface area (Å²) >= 11 is 0. The molecule has 2 amide bonds. The summed E-state index contributed by atoms with van der Waals surface area (Å²) in [5, 5.41) is 9.91. The van der Waals surface area contributed by atoms with Gasteiger partial charge in [-0.25, -0.2) is 4.98 Å². The largest absolute Gasteiger partial charge is 0.383 e. The van der Waals surface area contributed by atoms with Crippen LogP contribution in [0.15, 0.2) is 24.7 Å². The van der Waals surface area contributed by atoms with Gasteiger partial charge in [-0.15, -0.1) is 0 Å². The fourth-order valence-corrected chi connectivity index (χ4v) is 2.54. The molecule has 0 saturated heterocycles. The molecular weight excluding hydrogens is 312 g/mol. The number of carbonyl (C=O) groups excluding carboxylic acids is 2. The van der Waals surface area contributed by atoms with Crippen molar-refractivity contribution < 1.29 is 14.3 Å². The number of fused-ring (bicyclic) bond motifs is 1. The maximum atomic E-state index is 12.1. The van der Waals surface area contributed by atoms with Crippen LogP contribution in [0.2, 0.25) is 0 Å². The third-order valence-electron chi connectivity index (χ3n) is 3.67. The quantitative estimate of drug-likeness (QED) is 0.685. The highest BCUT2D eigenvalue weighted by Crippen LogP contribution is 2.16. The Kier molecular flexibility index (Phi) is 4.80. The lowest BCUT2D eigenvalue weighted by Gasteiger charge is -2.11. The molecule has 9 nitrogen and oxygen atoms in total. The minimum Gasteiger partial charge on any atom is -0.383 e. The Bertz CT molecular complexity index is 707. The highest BCUT2D eigenvalue weighted by molar-refractivity contribution is 5.93. The van der Waals surface area contributed by atoms with Gasteiger partial charge in [0.2, 0.25) is 0 Å². The van der Waals surface area contributed by atoms with Crippen LogP contribution in [0.3, 0.4) is 0 Å². The van der Waals surface area contributed by atoms with Crippen LogP contribution in [0.4, 0.5) is 0 Å². The minimum atomic E-state index is -0.267. The molecule has 24 heavy (non-hydrogen) atoms. The number of nitrogens with one attached hydrogen (secondary N) is 2. The Morgan fingerprint density at radius 3 is 2.92 bits per heavy atom. The number of hydrogen-bond donors (Lipinski definition) is 2. The van der Waals surface area contributed by atoms with Gasteiger partial charge in [-0.05, 0) is 6.07 Å². The number of amides is 2. The van der Waals surface area contributed by atoms with Crippen LogP contribution in [0, 0.1) is 0 Å². The lowest BCUT2D eigenvalue weighted by molar-refractivity contribution is 0.0919. The van der Waals surface area contributed by atoms with Crippen LogP contribution < -0.4 is 10.6 Å². The normalized spacial score (nSPS) is 15.8. The average molecular weight is 330 g/mol. The molecule has 1 atom stereocenters. The number of aromatic nitrogens is 4. The zero-order chi connectivity index (χ0) is 16.9. The SMILES string of the molecule is COCCNC(=O)c1cc2n(n1)CC(NC(=O)c1cnccn1)C2. The summed E-state index contributed by atoms with van der Waals surface area (Å²) in [4.78, 5) is 31.9. The maximum Gasteiger partial charge on any atom is 0.271 e. The van der Waals surface area contributed by atoms with E-state index in [0.717, 1.165) is 5.69 Å². The molecule has 1 aliphatic rings. The minimum absolute atomic E-state index is 0.0763. The standard InChI is InChI=1S/C15H18N6O3/c1-24-5-4-18-14(22)12-7-11-6-10(9-21(11)20-12)19-15(23)13-8-16-2-3-17-13/h2-3,7-8,10H,4-6,9H2,1H3,(H,18,22)(H,19,23). The summed E-state index contributed by atoms with van der Waals surface area (Å²) in [5.41, 5.74) is 1.57. The second-order valence-electron chi connectivity index (χ2n) is 5.42. The van der Waals surface area contributed by atoms with E-state index in [-0.39, 0.29) is 23.6 Å². The van der Waals surface area contributed by atoms with Gasteiger partial charge in [0.15, 0.2) is 0 Å². The third-order valence-corrected chi connectivity index (χ3v) is 3.67. The van der Waals surface area contributed by atoms with Gasteiger partial charge in [-0.3, -0.25) is 19.3 Å². The monoisotopic (exact) mass is 330 g/mol. The van der Waals surface area contributed by atoms with E-state index < -0.39 is 0 Å². The molecule has 1 unspecified atom stereocenters. The van der Waals surface area contributed by atoms with Crippen molar-refractivity contribution in [2.24, 2.45) is 0 Å². The molecule has 0 radical (unpaired) electrons. The van der Waals surface area contributed by atoms with E-state index in [0.29, 0.717) is 31.8 Å². The second kappa shape index (κ2) is 7.18. The molecular formula is C15H18N6O3. The van der Waals surface area contributed by atoms with Gasteiger partial charge in [0.1, 0.15) is 11.4 Å². The molecule has 3 rings (SSSR count). The summed E-state index contributed by atoms with van der Waals surface area (Å²) in [6, 6.07) is 1.67. The highest BCUT2D eigenvalue weighted by Gasteiger charge is 2.26. The lowest BCUT2D eigenvalue weighted by Crippen LogP contribution is -2.36. The predicted octanol–water partition coefficient (Wildman–Crippen LogP) is -0.596. The third kappa shape index (κ3) is 3.57. The Morgan fingerprint density at radius 1 is 1.33 bits per heavy atom. The zero-order valence-electron chi connectivity index (χ0n) is 13.2. The number of hydrogen-bond acceptors (Lipinski definition) is 6. The van der Waals surface area contributed by atoms with Crippen LogP contribution in [0.5, 0.6) is 0 Å². The van der Waals surface area contributed by atoms with Crippen LogP contribution in [0.25, 0.3) is 0 Å². The Labute approximate surface area is 138 Å². The fourth-order valence-electron chi connectivity index (χ4n) is 2.54. The van der Waals surface area contributed by atoms with Crippen molar-refractivity contribution in [3.05, 3.63) is 41.7 Å². The number of nitrogens with zero attached hydrogens (tertiary/aromatic N) is 4. The number of methoxy groups -OCH3 is 1. The summed E-state index contributed by atoms with van der Waals surface area (Å²) in [7, 11) is 1.58. The first-order valence-corrected chi connectivity index (χ1v) is 7.58. The molecule has 2 N–H and O–H groups in total. The van der Waals surface area contributed by atoms with Gasteiger partial charge in [0.05, 0.1) is 25.4 Å². The van der Waals surface area contributed by atoms with Crippen molar-refractivity contribution in [3.63, 3.8) is 0 Å². The maximum absolute atomic E-state index is 12.1. The van der Waals surface area contributed by atoms with E-state index in [1.54, 1.807) is 17.9 Å². The molecule has 3 heterocycles. The van der Waals surface area contributed by atoms with Crippen molar-refractivity contribution in [3.8, 4) is 0 Å². The molecule has 1 aliphatic heterocycles. The van der Waals surface area contributed by atoms with Gasteiger partial charge in [-0.2, -0.15) is 5.10 Å². The van der Waals surface area contributed by atoms with E-state index in [1.165, 1.54) is 18.6 Å². The van der Waals surface area contributed by atoms with E-state index in [2.05, 4.69) is 25.7 Å². The van der Waals surface area contributed by atoms with Gasteiger partial charge in [0, 0.05) is 38.2 Å². The highest BCUT2D eigenvalue weighted by atomic mass is 16.5. The molecule has 0 spiro atoms. The molecule has 126 valence electrons. The molecule has 0 bridgehead atoms. The first-order valence-electron chi connectivity index (χ1n) is 7.58. The van der Waals surface area contributed by atoms with Gasteiger partial charge < -0.3 is 15.4 Å². The second-order valence-corrected chi connectivity index (χ2v) is 5.42. The molecule has 2 aromatic rings. The molecule has 0 saturated carbocycles. The number of ether oxygens (including phenoxy) is 1. The Balaban J connectivity index is 1.55. The van der Waals surface area contributed by atoms with Crippen LogP contribution in [-0.4, -0.2) is 57.9 Å². The molecule has 0 aromatic carbocycles. The van der Waals surface area contributed by atoms with Crippen LogP contribution >= 0.6 is 0 Å². The van der Waals surface area contributed by atoms with Gasteiger partial charge >= 0.3 is 0 Å². The Morgan fingerprint density at radius 2 is 2.21 bits per heavy atom. The van der Waals surface area contributed by atoms with Crippen LogP contribution in [-0.2, 0) is 17.7 Å².